The molecule has 0 bridgehead atoms. The number of hydrogen-bond donors (Lipinski definition) is 1. The van der Waals surface area contributed by atoms with Crippen LogP contribution in [0, 0.1) is 11.7 Å². The van der Waals surface area contributed by atoms with Gasteiger partial charge in [-0.1, -0.05) is 30.9 Å². The van der Waals surface area contributed by atoms with E-state index in [-0.39, 0.29) is 30.3 Å². The van der Waals surface area contributed by atoms with Crippen molar-refractivity contribution in [3.8, 4) is 0 Å². The minimum Gasteiger partial charge on any atom is -0.445 e. The van der Waals surface area contributed by atoms with Crippen LogP contribution in [-0.2, 0) is 9.53 Å². The number of benzene rings is 1. The number of carbonyl (C=O) groups excluding carboxylic acids is 2. The van der Waals surface area contributed by atoms with Gasteiger partial charge in [-0.2, -0.15) is 0 Å². The van der Waals surface area contributed by atoms with Crippen molar-refractivity contribution in [2.24, 2.45) is 5.92 Å². The van der Waals surface area contributed by atoms with Crippen molar-refractivity contribution in [2.45, 2.75) is 18.9 Å². The van der Waals surface area contributed by atoms with Crippen molar-refractivity contribution >= 4 is 12.0 Å². The molecule has 2 aromatic rings. The first kappa shape index (κ1) is 20.5. The van der Waals surface area contributed by atoms with E-state index in [2.05, 4.69) is 16.9 Å². The zero-order valence-corrected chi connectivity index (χ0v) is 16.1. The summed E-state index contributed by atoms with van der Waals surface area (Å²) in [5.74, 6) is -0.662. The Morgan fingerprint density at radius 2 is 1.97 bits per heavy atom. The Balaban J connectivity index is 1.66. The van der Waals surface area contributed by atoms with Gasteiger partial charge in [0.15, 0.2) is 0 Å². The third-order valence-electron chi connectivity index (χ3n) is 4.92. The molecular weight excluding hydrogens is 373 g/mol. The number of aromatic nitrogens is 1. The molecule has 7 heteroatoms. The molecule has 152 valence electrons. The number of carbonyl (C=O) groups is 2. The Labute approximate surface area is 169 Å². The molecule has 0 radical (unpaired) electrons. The van der Waals surface area contributed by atoms with Crippen LogP contribution in [-0.4, -0.2) is 41.6 Å². The zero-order valence-electron chi connectivity index (χ0n) is 16.1. The fourth-order valence-corrected chi connectivity index (χ4v) is 3.34. The monoisotopic (exact) mass is 397 g/mol. The molecule has 1 aromatic heterocycles. The molecule has 1 fully saturated rings. The largest absolute Gasteiger partial charge is 0.445 e. The lowest BCUT2D eigenvalue weighted by Crippen LogP contribution is -2.44. The number of rotatable bonds is 6. The molecule has 3 rings (SSSR count). The van der Waals surface area contributed by atoms with E-state index in [9.17, 15) is 14.0 Å². The first-order valence-electron chi connectivity index (χ1n) is 9.58. The van der Waals surface area contributed by atoms with Gasteiger partial charge in [0, 0.05) is 25.2 Å². The molecule has 6 nitrogen and oxygen atoms in total. The summed E-state index contributed by atoms with van der Waals surface area (Å²) in [4.78, 5) is 30.8. The Kier molecular flexibility index (Phi) is 6.94. The quantitative estimate of drug-likeness (QED) is 0.758. The summed E-state index contributed by atoms with van der Waals surface area (Å²) in [6.45, 7) is 4.60. The summed E-state index contributed by atoms with van der Waals surface area (Å²) < 4.78 is 18.4. The van der Waals surface area contributed by atoms with Gasteiger partial charge in [-0.25, -0.2) is 9.18 Å². The highest BCUT2D eigenvalue weighted by atomic mass is 19.1. The highest BCUT2D eigenvalue weighted by Crippen LogP contribution is 2.24. The van der Waals surface area contributed by atoms with E-state index in [1.165, 1.54) is 18.2 Å². The first-order valence-corrected chi connectivity index (χ1v) is 9.58. The summed E-state index contributed by atoms with van der Waals surface area (Å²) in [6, 6.07) is 11.0. The van der Waals surface area contributed by atoms with Gasteiger partial charge >= 0.3 is 6.09 Å². The smallest absolute Gasteiger partial charge is 0.410 e. The molecule has 2 amide bonds. The second kappa shape index (κ2) is 9.82. The van der Waals surface area contributed by atoms with E-state index in [1.807, 2.05) is 12.1 Å². The first-order chi connectivity index (χ1) is 14.1. The lowest BCUT2D eigenvalue weighted by molar-refractivity contribution is -0.126. The van der Waals surface area contributed by atoms with E-state index >= 15 is 0 Å². The average Bonchev–Trinajstić information content (AvgIpc) is 2.77. The fraction of sp³-hybridized carbons (Fsp3) is 0.318. The predicted molar refractivity (Wildman–Crippen MR) is 106 cm³/mol. The van der Waals surface area contributed by atoms with Crippen LogP contribution in [0.5, 0.6) is 0 Å². The van der Waals surface area contributed by atoms with Gasteiger partial charge in [-0.05, 0) is 42.7 Å². The van der Waals surface area contributed by atoms with E-state index in [4.69, 9.17) is 4.74 Å². The second-order valence-electron chi connectivity index (χ2n) is 6.87. The number of piperidine rings is 1. The summed E-state index contributed by atoms with van der Waals surface area (Å²) in [6.07, 6.45) is 3.89. The molecule has 1 saturated heterocycles. The minimum atomic E-state index is -0.472. The van der Waals surface area contributed by atoms with Crippen LogP contribution < -0.4 is 5.32 Å². The van der Waals surface area contributed by atoms with Crippen molar-refractivity contribution in [1.82, 2.24) is 15.2 Å². The maximum absolute atomic E-state index is 13.3. The predicted octanol–water partition coefficient (Wildman–Crippen LogP) is 3.46. The van der Waals surface area contributed by atoms with Gasteiger partial charge in [0.25, 0.3) is 0 Å². The van der Waals surface area contributed by atoms with Crippen molar-refractivity contribution < 1.29 is 18.7 Å². The van der Waals surface area contributed by atoms with Gasteiger partial charge in [-0.3, -0.25) is 9.78 Å². The normalized spacial score (nSPS) is 15.4. The molecule has 1 N–H and O–H groups in total. The van der Waals surface area contributed by atoms with Gasteiger partial charge in [-0.15, -0.1) is 0 Å². The van der Waals surface area contributed by atoms with Crippen molar-refractivity contribution in [1.29, 1.82) is 0 Å². The standard InChI is InChI=1S/C22H24FN3O3/c1-2-15-29-22(28)26-13-10-17(11-14-26)21(27)25-20(19-5-3-4-12-24-19)16-6-8-18(23)9-7-16/h2-9,12,17,20H,1,10-11,13-15H2,(H,25,27). The number of likely N-dealkylation sites (tertiary alicyclic amines) is 1. The number of ether oxygens (including phenoxy) is 1. The van der Waals surface area contributed by atoms with Crippen LogP contribution in [0.1, 0.15) is 30.1 Å². The van der Waals surface area contributed by atoms with Gasteiger partial charge in [0.2, 0.25) is 5.91 Å². The number of nitrogens with one attached hydrogen (secondary N) is 1. The number of nitrogens with zero attached hydrogens (tertiary/aromatic N) is 2. The molecule has 1 aliphatic rings. The molecule has 1 atom stereocenters. The molecule has 1 aliphatic heterocycles. The lowest BCUT2D eigenvalue weighted by Gasteiger charge is -2.31. The van der Waals surface area contributed by atoms with Crippen LogP contribution in [0.2, 0.25) is 0 Å². The molecular formula is C22H24FN3O3. The summed E-state index contributed by atoms with van der Waals surface area (Å²) in [7, 11) is 0. The van der Waals surface area contributed by atoms with E-state index in [0.29, 0.717) is 31.6 Å². The van der Waals surface area contributed by atoms with Crippen LogP contribution in [0.15, 0.2) is 61.3 Å². The molecule has 2 heterocycles. The summed E-state index contributed by atoms with van der Waals surface area (Å²) in [5, 5.41) is 3.05. The van der Waals surface area contributed by atoms with Crippen LogP contribution in [0.3, 0.4) is 0 Å². The molecule has 0 aliphatic carbocycles. The Morgan fingerprint density at radius 3 is 2.59 bits per heavy atom. The highest BCUT2D eigenvalue weighted by molar-refractivity contribution is 5.80. The van der Waals surface area contributed by atoms with E-state index in [1.54, 1.807) is 29.3 Å². The van der Waals surface area contributed by atoms with E-state index < -0.39 is 6.04 Å². The fourth-order valence-electron chi connectivity index (χ4n) is 3.34. The van der Waals surface area contributed by atoms with Gasteiger partial charge in [0.05, 0.1) is 11.7 Å². The van der Waals surface area contributed by atoms with Gasteiger partial charge in [0.1, 0.15) is 12.4 Å². The number of hydrogen-bond acceptors (Lipinski definition) is 4. The van der Waals surface area contributed by atoms with Crippen LogP contribution in [0.25, 0.3) is 0 Å². The van der Waals surface area contributed by atoms with Crippen molar-refractivity contribution in [3.05, 3.63) is 78.4 Å². The third-order valence-corrected chi connectivity index (χ3v) is 4.92. The molecule has 1 unspecified atom stereocenters. The third kappa shape index (κ3) is 5.40. The maximum atomic E-state index is 13.3. The Bertz CT molecular complexity index is 834. The molecule has 0 spiro atoms. The maximum Gasteiger partial charge on any atom is 0.410 e. The highest BCUT2D eigenvalue weighted by Gasteiger charge is 2.30. The minimum absolute atomic E-state index is 0.107. The number of halogens is 1. The van der Waals surface area contributed by atoms with Crippen LogP contribution >= 0.6 is 0 Å². The van der Waals surface area contributed by atoms with Crippen molar-refractivity contribution in [2.75, 3.05) is 19.7 Å². The molecule has 1 aromatic carbocycles. The Hall–Kier alpha value is -3.22. The topological polar surface area (TPSA) is 71.5 Å². The average molecular weight is 397 g/mol. The van der Waals surface area contributed by atoms with E-state index in [0.717, 1.165) is 5.56 Å². The van der Waals surface area contributed by atoms with Crippen molar-refractivity contribution in [3.63, 3.8) is 0 Å². The Morgan fingerprint density at radius 1 is 1.24 bits per heavy atom. The zero-order chi connectivity index (χ0) is 20.6. The summed E-state index contributed by atoms with van der Waals surface area (Å²) in [5.41, 5.74) is 1.43. The second-order valence-corrected chi connectivity index (χ2v) is 6.87. The number of pyridine rings is 1. The molecule has 29 heavy (non-hydrogen) atoms. The number of amides is 2. The molecule has 0 saturated carbocycles. The summed E-state index contributed by atoms with van der Waals surface area (Å²) >= 11 is 0. The van der Waals surface area contributed by atoms with Crippen LogP contribution in [0.4, 0.5) is 9.18 Å². The lowest BCUT2D eigenvalue weighted by atomic mass is 9.94. The van der Waals surface area contributed by atoms with Gasteiger partial charge < -0.3 is 15.0 Å². The SMILES string of the molecule is C=CCOC(=O)N1CCC(C(=O)NC(c2ccc(F)cc2)c2ccccn2)CC1.